The molecule has 1 aliphatic heterocycles. The van der Waals surface area contributed by atoms with E-state index in [-0.39, 0.29) is 17.6 Å². The Balaban J connectivity index is 2.22. The molecule has 0 aromatic heterocycles. The first kappa shape index (κ1) is 15.6. The van der Waals surface area contributed by atoms with Crippen LogP contribution in [-0.4, -0.2) is 30.7 Å². The van der Waals surface area contributed by atoms with Crippen molar-refractivity contribution in [2.75, 3.05) is 13.2 Å². The molecule has 1 aromatic rings. The van der Waals surface area contributed by atoms with Crippen molar-refractivity contribution >= 4 is 5.91 Å². The molecule has 4 nitrogen and oxygen atoms in total. The van der Waals surface area contributed by atoms with Gasteiger partial charge in [0.05, 0.1) is 18.2 Å². The van der Waals surface area contributed by atoms with E-state index in [0.717, 1.165) is 17.5 Å². The van der Waals surface area contributed by atoms with E-state index < -0.39 is 0 Å². The molecule has 2 rings (SSSR count). The van der Waals surface area contributed by atoms with Crippen molar-refractivity contribution < 1.29 is 9.53 Å². The molecule has 1 amide bonds. The third-order valence-electron chi connectivity index (χ3n) is 4.10. The summed E-state index contributed by atoms with van der Waals surface area (Å²) in [5.41, 5.74) is 7.45. The third-order valence-corrected chi connectivity index (χ3v) is 4.10. The topological polar surface area (TPSA) is 64.4 Å². The first-order valence-electron chi connectivity index (χ1n) is 7.20. The maximum absolute atomic E-state index is 12.6. The molecule has 1 fully saturated rings. The van der Waals surface area contributed by atoms with Crippen molar-refractivity contribution in [1.29, 1.82) is 0 Å². The van der Waals surface area contributed by atoms with Gasteiger partial charge >= 0.3 is 0 Å². The molecule has 2 unspecified atom stereocenters. The van der Waals surface area contributed by atoms with Gasteiger partial charge < -0.3 is 15.8 Å². The molecule has 4 heteroatoms. The summed E-state index contributed by atoms with van der Waals surface area (Å²) in [6.07, 6.45) is 0.841. The van der Waals surface area contributed by atoms with Crippen LogP contribution in [0.5, 0.6) is 0 Å². The van der Waals surface area contributed by atoms with E-state index in [0.29, 0.717) is 18.7 Å². The second-order valence-electron chi connectivity index (χ2n) is 5.67. The first-order chi connectivity index (χ1) is 9.96. The summed E-state index contributed by atoms with van der Waals surface area (Å²) >= 11 is 0. The van der Waals surface area contributed by atoms with Crippen molar-refractivity contribution in [3.8, 4) is 11.8 Å². The number of hydrogen-bond acceptors (Lipinski definition) is 3. The van der Waals surface area contributed by atoms with Crippen LogP contribution in [0.1, 0.15) is 41.8 Å². The van der Waals surface area contributed by atoms with Crippen LogP contribution >= 0.6 is 0 Å². The Morgan fingerprint density at radius 3 is 2.95 bits per heavy atom. The lowest BCUT2D eigenvalue weighted by Gasteiger charge is -2.29. The number of carbonyl (C=O) groups is 1. The molecular formula is C17H22N2O2. The van der Waals surface area contributed by atoms with Gasteiger partial charge in [0.1, 0.15) is 0 Å². The van der Waals surface area contributed by atoms with Crippen molar-refractivity contribution in [2.24, 2.45) is 5.73 Å². The molecule has 1 heterocycles. The van der Waals surface area contributed by atoms with Crippen LogP contribution in [0, 0.1) is 18.8 Å². The van der Waals surface area contributed by atoms with Crippen molar-refractivity contribution in [3.05, 3.63) is 34.9 Å². The van der Waals surface area contributed by atoms with Gasteiger partial charge in [-0.15, -0.1) is 0 Å². The molecule has 0 spiro atoms. The lowest BCUT2D eigenvalue weighted by Crippen LogP contribution is -2.50. The Morgan fingerprint density at radius 2 is 2.33 bits per heavy atom. The van der Waals surface area contributed by atoms with E-state index in [2.05, 4.69) is 17.2 Å². The highest BCUT2D eigenvalue weighted by atomic mass is 16.5. The molecule has 21 heavy (non-hydrogen) atoms. The highest BCUT2D eigenvalue weighted by Gasteiger charge is 2.38. The largest absolute Gasteiger partial charge is 0.376 e. The van der Waals surface area contributed by atoms with E-state index in [1.807, 2.05) is 39.0 Å². The second kappa shape index (κ2) is 6.30. The molecule has 0 saturated carbocycles. The molecule has 0 radical (unpaired) electrons. The summed E-state index contributed by atoms with van der Waals surface area (Å²) in [5.74, 6) is 5.68. The smallest absolute Gasteiger partial charge is 0.252 e. The molecule has 1 saturated heterocycles. The zero-order chi connectivity index (χ0) is 15.5. The fourth-order valence-electron chi connectivity index (χ4n) is 2.42. The van der Waals surface area contributed by atoms with Gasteiger partial charge in [0.25, 0.3) is 5.91 Å². The third kappa shape index (κ3) is 3.44. The summed E-state index contributed by atoms with van der Waals surface area (Å²) in [7, 11) is 0. The van der Waals surface area contributed by atoms with Crippen LogP contribution in [0.2, 0.25) is 0 Å². The molecular weight excluding hydrogens is 264 g/mol. The Labute approximate surface area is 126 Å². The van der Waals surface area contributed by atoms with Gasteiger partial charge in [-0.05, 0) is 44.9 Å². The van der Waals surface area contributed by atoms with Crippen LogP contribution in [0.3, 0.4) is 0 Å². The number of nitrogens with two attached hydrogens (primary N) is 1. The molecule has 0 bridgehead atoms. The molecule has 1 aromatic carbocycles. The fourth-order valence-corrected chi connectivity index (χ4v) is 2.42. The maximum Gasteiger partial charge on any atom is 0.252 e. The molecule has 112 valence electrons. The lowest BCUT2D eigenvalue weighted by molar-refractivity contribution is 0.0727. The summed E-state index contributed by atoms with van der Waals surface area (Å²) in [5, 5.41) is 3.11. The summed E-state index contributed by atoms with van der Waals surface area (Å²) in [6.45, 7) is 6.92. The second-order valence-corrected chi connectivity index (χ2v) is 5.67. The number of amides is 1. The van der Waals surface area contributed by atoms with Gasteiger partial charge in [-0.2, -0.15) is 0 Å². The van der Waals surface area contributed by atoms with Gasteiger partial charge in [-0.25, -0.2) is 0 Å². The Hall–Kier alpha value is -1.83. The van der Waals surface area contributed by atoms with Gasteiger partial charge in [0.2, 0.25) is 0 Å². The van der Waals surface area contributed by atoms with Crippen molar-refractivity contribution in [3.63, 3.8) is 0 Å². The molecule has 3 N–H and O–H groups in total. The first-order valence-corrected chi connectivity index (χ1v) is 7.20. The number of aryl methyl sites for hydroxylation is 1. The van der Waals surface area contributed by atoms with Crippen LogP contribution in [0.25, 0.3) is 0 Å². The summed E-state index contributed by atoms with van der Waals surface area (Å²) in [4.78, 5) is 12.6. The monoisotopic (exact) mass is 286 g/mol. The van der Waals surface area contributed by atoms with Gasteiger partial charge in [0.15, 0.2) is 0 Å². The average Bonchev–Trinajstić information content (AvgIpc) is 2.77. The van der Waals surface area contributed by atoms with Crippen LogP contribution in [-0.2, 0) is 4.74 Å². The zero-order valence-electron chi connectivity index (χ0n) is 12.8. The predicted octanol–water partition coefficient (Wildman–Crippen LogP) is 1.60. The van der Waals surface area contributed by atoms with Gasteiger partial charge in [-0.1, -0.05) is 17.9 Å². The van der Waals surface area contributed by atoms with E-state index in [1.54, 1.807) is 0 Å². The molecule has 2 atom stereocenters. The van der Waals surface area contributed by atoms with E-state index >= 15 is 0 Å². The van der Waals surface area contributed by atoms with E-state index in [1.165, 1.54) is 0 Å². The number of hydrogen-bond donors (Lipinski definition) is 2. The maximum atomic E-state index is 12.6. The molecule has 1 aliphatic rings. The number of rotatable bonds is 2. The lowest BCUT2D eigenvalue weighted by atomic mass is 9.93. The quantitative estimate of drug-likeness (QED) is 0.812. The Morgan fingerprint density at radius 1 is 1.57 bits per heavy atom. The number of ether oxygens (including phenoxy) is 1. The van der Waals surface area contributed by atoms with Crippen LogP contribution in [0.4, 0.5) is 0 Å². The standard InChI is InChI=1S/C17H22N2O2/c1-12-6-7-14(5-4-9-18)11-15(12)16(20)19-17(3)8-10-21-13(17)2/h6-7,11,13H,8-10,18H2,1-3H3,(H,19,20). The SMILES string of the molecule is Cc1ccc(C#CCN)cc1C(=O)NC1(C)CCOC1C. The fraction of sp³-hybridized carbons (Fsp3) is 0.471. The summed E-state index contributed by atoms with van der Waals surface area (Å²) in [6, 6.07) is 5.63. The molecule has 0 aliphatic carbocycles. The average molecular weight is 286 g/mol. The van der Waals surface area contributed by atoms with Gasteiger partial charge in [0, 0.05) is 17.7 Å². The van der Waals surface area contributed by atoms with Crippen LogP contribution in [0.15, 0.2) is 18.2 Å². The number of benzene rings is 1. The van der Waals surface area contributed by atoms with Crippen LogP contribution < -0.4 is 11.1 Å². The summed E-state index contributed by atoms with van der Waals surface area (Å²) < 4.78 is 5.56. The van der Waals surface area contributed by atoms with Gasteiger partial charge in [-0.3, -0.25) is 4.79 Å². The minimum Gasteiger partial charge on any atom is -0.376 e. The normalized spacial score (nSPS) is 24.3. The van der Waals surface area contributed by atoms with E-state index in [4.69, 9.17) is 10.5 Å². The highest BCUT2D eigenvalue weighted by Crippen LogP contribution is 2.26. The number of nitrogens with one attached hydrogen (secondary N) is 1. The van der Waals surface area contributed by atoms with E-state index in [9.17, 15) is 4.79 Å². The van der Waals surface area contributed by atoms with Crippen molar-refractivity contribution in [1.82, 2.24) is 5.32 Å². The predicted molar refractivity (Wildman–Crippen MR) is 83.0 cm³/mol. The minimum atomic E-state index is -0.317. The highest BCUT2D eigenvalue weighted by molar-refractivity contribution is 5.96. The number of carbonyl (C=O) groups excluding carboxylic acids is 1. The Bertz CT molecular complexity index is 601. The van der Waals surface area contributed by atoms with Crippen molar-refractivity contribution in [2.45, 2.75) is 38.8 Å². The zero-order valence-corrected chi connectivity index (χ0v) is 12.8. The minimum absolute atomic E-state index is 0.0157. The Kier molecular flexibility index (Phi) is 4.66.